The van der Waals surface area contributed by atoms with E-state index in [2.05, 4.69) is 4.98 Å². The van der Waals surface area contributed by atoms with Gasteiger partial charge in [-0.3, -0.25) is 10.1 Å². The van der Waals surface area contributed by atoms with Crippen LogP contribution in [0.2, 0.25) is 0 Å². The smallest absolute Gasteiger partial charge is 0.322 e. The van der Waals surface area contributed by atoms with Crippen LogP contribution in [0.1, 0.15) is 6.42 Å². The second-order valence-electron chi connectivity index (χ2n) is 5.42. The van der Waals surface area contributed by atoms with Gasteiger partial charge < -0.3 is 4.90 Å². The molecule has 0 amide bonds. The minimum atomic E-state index is -3.01. The van der Waals surface area contributed by atoms with Gasteiger partial charge in [-0.05, 0) is 6.07 Å². The van der Waals surface area contributed by atoms with E-state index in [0.717, 1.165) is 11.0 Å². The zero-order valence-corrected chi connectivity index (χ0v) is 12.2. The molecule has 0 radical (unpaired) electrons. The highest BCUT2D eigenvalue weighted by Gasteiger charge is 2.42. The number of nitro groups is 1. The van der Waals surface area contributed by atoms with Crippen molar-refractivity contribution in [3.05, 3.63) is 52.2 Å². The van der Waals surface area contributed by atoms with Crippen LogP contribution in [0.4, 0.5) is 29.1 Å². The molecule has 0 N–H and O–H groups in total. The first kappa shape index (κ1) is 16.2. The Balaban J connectivity index is 2.21. The fourth-order valence-corrected chi connectivity index (χ4v) is 2.71. The molecule has 0 atom stereocenters. The van der Waals surface area contributed by atoms with Gasteiger partial charge in [0.2, 0.25) is 5.82 Å². The number of hydrogen-bond donors (Lipinski definition) is 0. The first-order valence-electron chi connectivity index (χ1n) is 7.01. The monoisotopic (exact) mass is 341 g/mol. The summed E-state index contributed by atoms with van der Waals surface area (Å²) in [5.41, 5.74) is -1.74. The highest BCUT2D eigenvalue weighted by Crippen LogP contribution is 2.41. The summed E-state index contributed by atoms with van der Waals surface area (Å²) in [6.07, 6.45) is 0.193. The van der Waals surface area contributed by atoms with E-state index in [-0.39, 0.29) is 12.1 Å². The second kappa shape index (κ2) is 5.73. The lowest BCUT2D eigenvalue weighted by Gasteiger charge is -2.18. The molecule has 5 nitrogen and oxygen atoms in total. The summed E-state index contributed by atoms with van der Waals surface area (Å²) in [5.74, 6) is -5.36. The maximum Gasteiger partial charge on any atom is 0.322 e. The quantitative estimate of drug-likeness (QED) is 0.484. The van der Waals surface area contributed by atoms with Gasteiger partial charge in [0.15, 0.2) is 5.82 Å². The van der Waals surface area contributed by atoms with Gasteiger partial charge in [-0.25, -0.2) is 22.5 Å². The van der Waals surface area contributed by atoms with Gasteiger partial charge in [-0.15, -0.1) is 0 Å². The number of nitrogens with zero attached hydrogens (tertiary/aromatic N) is 3. The third kappa shape index (κ3) is 2.77. The van der Waals surface area contributed by atoms with Gasteiger partial charge >= 0.3 is 5.69 Å². The first-order valence-corrected chi connectivity index (χ1v) is 7.01. The maximum atomic E-state index is 14.2. The third-order valence-corrected chi connectivity index (χ3v) is 3.78. The Hall–Kier alpha value is -2.71. The molecular weight excluding hydrogens is 330 g/mol. The molecule has 9 heteroatoms. The Kier molecular flexibility index (Phi) is 3.86. The van der Waals surface area contributed by atoms with Crippen molar-refractivity contribution in [1.82, 2.24) is 4.98 Å². The zero-order chi connectivity index (χ0) is 17.5. The van der Waals surface area contributed by atoms with Crippen LogP contribution in [0.15, 0.2) is 30.5 Å². The third-order valence-electron chi connectivity index (χ3n) is 3.78. The number of pyridine rings is 1. The fourth-order valence-electron chi connectivity index (χ4n) is 2.71. The Morgan fingerprint density at radius 3 is 2.50 bits per heavy atom. The summed E-state index contributed by atoms with van der Waals surface area (Å²) >= 11 is 0. The summed E-state index contributed by atoms with van der Waals surface area (Å²) in [4.78, 5) is 15.2. The van der Waals surface area contributed by atoms with Crippen molar-refractivity contribution >= 4 is 11.5 Å². The van der Waals surface area contributed by atoms with Gasteiger partial charge in [0.1, 0.15) is 11.4 Å². The van der Waals surface area contributed by atoms with Crippen LogP contribution in [0, 0.1) is 21.7 Å². The van der Waals surface area contributed by atoms with Crippen molar-refractivity contribution < 1.29 is 22.5 Å². The van der Waals surface area contributed by atoms with Crippen molar-refractivity contribution in [1.29, 1.82) is 0 Å². The maximum absolute atomic E-state index is 14.2. The van der Waals surface area contributed by atoms with Crippen molar-refractivity contribution in [2.24, 2.45) is 0 Å². The van der Waals surface area contributed by atoms with Crippen LogP contribution < -0.4 is 4.90 Å². The van der Waals surface area contributed by atoms with Crippen LogP contribution in [0.5, 0.6) is 0 Å². The highest BCUT2D eigenvalue weighted by atomic mass is 19.3. The molecule has 1 aliphatic rings. The van der Waals surface area contributed by atoms with Gasteiger partial charge in [-0.2, -0.15) is 0 Å². The Labute approximate surface area is 133 Å². The number of anilines is 1. The number of rotatable bonds is 3. The van der Waals surface area contributed by atoms with E-state index < -0.39 is 52.5 Å². The van der Waals surface area contributed by atoms with E-state index in [0.29, 0.717) is 6.20 Å². The zero-order valence-electron chi connectivity index (χ0n) is 12.2. The molecule has 1 aliphatic heterocycles. The number of alkyl halides is 2. The largest absolute Gasteiger partial charge is 0.345 e. The molecule has 2 heterocycles. The molecule has 1 fully saturated rings. The summed E-state index contributed by atoms with van der Waals surface area (Å²) < 4.78 is 55.0. The number of benzene rings is 1. The molecule has 0 aliphatic carbocycles. The fraction of sp³-hybridized carbons (Fsp3) is 0.267. The average molecular weight is 341 g/mol. The number of hydrogen-bond acceptors (Lipinski definition) is 4. The summed E-state index contributed by atoms with van der Waals surface area (Å²) in [5, 5.41) is 11.5. The topological polar surface area (TPSA) is 59.3 Å². The second-order valence-corrected chi connectivity index (χ2v) is 5.42. The lowest BCUT2D eigenvalue weighted by Crippen LogP contribution is -2.26. The predicted octanol–water partition coefficient (Wildman–Crippen LogP) is 3.78. The normalized spacial score (nSPS) is 16.4. The molecule has 2 aromatic rings. The van der Waals surface area contributed by atoms with Gasteiger partial charge in [-0.1, -0.05) is 18.2 Å². The summed E-state index contributed by atoms with van der Waals surface area (Å²) in [6, 6.07) is 4.96. The van der Waals surface area contributed by atoms with E-state index in [4.69, 9.17) is 0 Å². The predicted molar refractivity (Wildman–Crippen MR) is 78.0 cm³/mol. The summed E-state index contributed by atoms with van der Waals surface area (Å²) in [6.45, 7) is -0.924. The minimum absolute atomic E-state index is 0.164. The van der Waals surface area contributed by atoms with E-state index >= 15 is 0 Å². The van der Waals surface area contributed by atoms with Crippen molar-refractivity contribution in [3.8, 4) is 11.1 Å². The molecular formula is C15H11F4N3O2. The lowest BCUT2D eigenvalue weighted by molar-refractivity contribution is -0.383. The standard InChI is InChI=1S/C15H11F4N3O2/c16-10-4-2-1-3-9(10)12-11(17)7-20-14(13(12)22(23)24)21-6-5-15(18,19)8-21/h1-4,7H,5-6,8H2. The molecule has 0 spiro atoms. The molecule has 0 bridgehead atoms. The van der Waals surface area contributed by atoms with Crippen LogP contribution in [0.3, 0.4) is 0 Å². The molecule has 1 aromatic heterocycles. The first-order chi connectivity index (χ1) is 11.3. The lowest BCUT2D eigenvalue weighted by atomic mass is 10.0. The average Bonchev–Trinajstić information content (AvgIpc) is 2.87. The van der Waals surface area contributed by atoms with E-state index in [9.17, 15) is 27.7 Å². The van der Waals surface area contributed by atoms with Crippen molar-refractivity contribution in [3.63, 3.8) is 0 Å². The van der Waals surface area contributed by atoms with Gasteiger partial charge in [0.25, 0.3) is 5.92 Å². The SMILES string of the molecule is O=[N+]([O-])c1c(N2CCC(F)(F)C2)ncc(F)c1-c1ccccc1F. The van der Waals surface area contributed by atoms with Crippen LogP contribution >= 0.6 is 0 Å². The molecule has 0 saturated carbocycles. The van der Waals surface area contributed by atoms with Crippen LogP contribution in [0.25, 0.3) is 11.1 Å². The van der Waals surface area contributed by atoms with Crippen molar-refractivity contribution in [2.45, 2.75) is 12.3 Å². The Bertz CT molecular complexity index is 813. The number of halogens is 4. The van der Waals surface area contributed by atoms with Gasteiger partial charge in [0, 0.05) is 18.5 Å². The van der Waals surface area contributed by atoms with Crippen molar-refractivity contribution in [2.75, 3.05) is 18.0 Å². The summed E-state index contributed by atoms with van der Waals surface area (Å²) in [7, 11) is 0. The van der Waals surface area contributed by atoms with E-state index in [1.807, 2.05) is 0 Å². The van der Waals surface area contributed by atoms with Crippen LogP contribution in [-0.2, 0) is 0 Å². The molecule has 3 rings (SSSR count). The van der Waals surface area contributed by atoms with Crippen LogP contribution in [-0.4, -0.2) is 28.9 Å². The molecule has 0 unspecified atom stereocenters. The van der Waals surface area contributed by atoms with Gasteiger partial charge in [0.05, 0.1) is 17.7 Å². The minimum Gasteiger partial charge on any atom is -0.345 e. The highest BCUT2D eigenvalue weighted by molar-refractivity contribution is 5.81. The molecule has 126 valence electrons. The van der Waals surface area contributed by atoms with E-state index in [1.165, 1.54) is 18.2 Å². The van der Waals surface area contributed by atoms with E-state index in [1.54, 1.807) is 0 Å². The Morgan fingerprint density at radius 1 is 1.21 bits per heavy atom. The molecule has 1 saturated heterocycles. The Morgan fingerprint density at radius 2 is 1.92 bits per heavy atom. The molecule has 1 aromatic carbocycles. The number of aromatic nitrogens is 1. The molecule has 24 heavy (non-hydrogen) atoms.